The summed E-state index contributed by atoms with van der Waals surface area (Å²) in [6.07, 6.45) is 0. The summed E-state index contributed by atoms with van der Waals surface area (Å²) in [6.45, 7) is 3.58. The zero-order valence-corrected chi connectivity index (χ0v) is 17.8. The summed E-state index contributed by atoms with van der Waals surface area (Å²) >= 11 is 3.00. The number of carboxylic acid groups (broad SMARTS) is 1. The molecule has 2 aliphatic rings. The summed E-state index contributed by atoms with van der Waals surface area (Å²) in [7, 11) is 4.61. The molecular weight excluding hydrogens is 561 g/mol. The van der Waals surface area contributed by atoms with Crippen LogP contribution in [0.15, 0.2) is 30.3 Å². The molecule has 2 aliphatic heterocycles. The average Bonchev–Trinajstić information content (AvgIpc) is 2.89. The predicted molar refractivity (Wildman–Crippen MR) is 96.0 cm³/mol. The van der Waals surface area contributed by atoms with Crippen molar-refractivity contribution in [1.29, 1.82) is 0 Å². The first-order chi connectivity index (χ1) is 12.2. The fourth-order valence-electron chi connectivity index (χ4n) is 3.20. The van der Waals surface area contributed by atoms with Gasteiger partial charge >= 0.3 is 35.6 Å². The zero-order chi connectivity index (χ0) is 19.6. The number of amides is 2. The second kappa shape index (κ2) is 8.29. The number of carboxylic acids is 1. The quantitative estimate of drug-likeness (QED) is 0.460. The maximum atomic E-state index is 12.3. The number of hydrogen-bond acceptors (Lipinski definition) is 5. The van der Waals surface area contributed by atoms with Crippen LogP contribution in [0.2, 0.25) is 0 Å². The number of nitrogens with zero attached hydrogens (tertiary/aromatic N) is 1. The number of carbonyl (C=O) groups is 3. The number of benzene rings is 1. The van der Waals surface area contributed by atoms with Crippen molar-refractivity contribution in [3.05, 3.63) is 35.9 Å². The molecule has 1 aromatic carbocycles. The van der Waals surface area contributed by atoms with Crippen molar-refractivity contribution in [2.24, 2.45) is 5.73 Å². The standard InChI is InChI=1S/C16H19N3O4S.ClH.Pt/c1-16(2)11(15(22)23)19-13(21)10(14(19)24-16)18-12(20)9(17)8-6-4-3-5-7-8;;/h3-7,9-11,14H,17H2,1-2H3,(H,18,20)(H,22,23);1H;/q;;+1/t9?,10-,11+,14?;;/m1../s1. The summed E-state index contributed by atoms with van der Waals surface area (Å²) in [5.74, 6) is -1.86. The van der Waals surface area contributed by atoms with Crippen LogP contribution in [0.1, 0.15) is 26.9 Å². The van der Waals surface area contributed by atoms with Gasteiger partial charge in [0, 0.05) is 4.75 Å². The maximum absolute atomic E-state index is 12.3. The molecule has 7 nitrogen and oxygen atoms in total. The predicted octanol–water partition coefficient (Wildman–Crippen LogP) is 1.12. The Balaban J connectivity index is 0.00000118. The normalized spacial score (nSPS) is 26.8. The van der Waals surface area contributed by atoms with Gasteiger partial charge in [0.2, 0.25) is 11.8 Å². The van der Waals surface area contributed by atoms with Gasteiger partial charge in [-0.1, -0.05) is 30.3 Å². The fourth-order valence-corrected chi connectivity index (χ4v) is 4.83. The van der Waals surface area contributed by atoms with Crippen LogP contribution >= 0.6 is 21.2 Å². The van der Waals surface area contributed by atoms with Crippen LogP contribution in [0, 0.1) is 0 Å². The number of carbonyl (C=O) groups excluding carboxylic acids is 2. The molecule has 3 rings (SSSR count). The van der Waals surface area contributed by atoms with Crippen molar-refractivity contribution in [2.45, 2.75) is 42.1 Å². The van der Waals surface area contributed by atoms with E-state index in [-0.39, 0.29) is 12.7 Å². The first-order valence-electron chi connectivity index (χ1n) is 7.69. The van der Waals surface area contributed by atoms with Gasteiger partial charge in [0.25, 0.3) is 0 Å². The number of rotatable bonds is 4. The Hall–Kier alpha value is -1.08. The minimum atomic E-state index is -1.03. The van der Waals surface area contributed by atoms with E-state index in [2.05, 4.69) is 14.7 Å². The summed E-state index contributed by atoms with van der Waals surface area (Å²) in [5, 5.41) is 11.7. The van der Waals surface area contributed by atoms with E-state index in [9.17, 15) is 19.5 Å². The Kier molecular flexibility index (Phi) is 6.77. The molecule has 2 saturated heterocycles. The summed E-state index contributed by atoms with van der Waals surface area (Å²) < 4.78 is -0.618. The van der Waals surface area contributed by atoms with Gasteiger partial charge < -0.3 is 21.1 Å². The largest absolute Gasteiger partial charge is 1.00 e. The molecule has 2 fully saturated rings. The van der Waals surface area contributed by atoms with Gasteiger partial charge in [-0.3, -0.25) is 9.59 Å². The van der Waals surface area contributed by atoms with Gasteiger partial charge in [0.15, 0.2) is 0 Å². The van der Waals surface area contributed by atoms with E-state index in [1.54, 1.807) is 56.9 Å². The first kappa shape index (κ1) is 21.2. The SMILES string of the molecule is CC1(C)SC2[C@H](NC(=O)C(N)c3ccccc3)C(=O)N2[C@H]1C(=O)O.[Cl][Pt].[H+]. The fraction of sp³-hybridized carbons (Fsp3) is 0.438. The van der Waals surface area contributed by atoms with E-state index < -0.39 is 34.7 Å². The number of fused-ring (bicyclic) bond motifs is 1. The molecule has 1 aromatic rings. The van der Waals surface area contributed by atoms with Crippen LogP contribution in [-0.2, 0) is 33.2 Å². The van der Waals surface area contributed by atoms with Crippen LogP contribution in [0.3, 0.4) is 0 Å². The molecule has 10 heteroatoms. The summed E-state index contributed by atoms with van der Waals surface area (Å²) in [6, 6.07) is 6.38. The van der Waals surface area contributed by atoms with E-state index in [4.69, 9.17) is 5.73 Å². The molecule has 0 radical (unpaired) electrons. The second-order valence-corrected chi connectivity index (χ2v) is 8.24. The Morgan fingerprint density at radius 1 is 1.38 bits per heavy atom. The van der Waals surface area contributed by atoms with Crippen molar-refractivity contribution < 1.29 is 39.7 Å². The molecule has 0 aromatic heterocycles. The average molecular weight is 581 g/mol. The van der Waals surface area contributed by atoms with Crippen LogP contribution < -0.4 is 11.1 Å². The third-order valence-corrected chi connectivity index (χ3v) is 5.99. The number of nitrogens with two attached hydrogens (primary N) is 1. The number of β-lactam (4-membered cyclic amide) rings is 1. The van der Waals surface area contributed by atoms with E-state index in [0.29, 0.717) is 5.56 Å². The van der Waals surface area contributed by atoms with E-state index in [0.717, 1.165) is 0 Å². The topological polar surface area (TPSA) is 113 Å². The maximum Gasteiger partial charge on any atom is 1.00 e. The number of aliphatic carboxylic acids is 1. The molecule has 145 valence electrons. The second-order valence-electron chi connectivity index (χ2n) is 6.47. The molecule has 26 heavy (non-hydrogen) atoms. The molecule has 2 unspecified atom stereocenters. The van der Waals surface area contributed by atoms with Gasteiger partial charge in [-0.15, -0.1) is 11.8 Å². The molecule has 0 bridgehead atoms. The van der Waals surface area contributed by atoms with Gasteiger partial charge in [-0.25, -0.2) is 4.79 Å². The zero-order valence-electron chi connectivity index (χ0n) is 15.0. The van der Waals surface area contributed by atoms with Gasteiger partial charge in [-0.05, 0) is 19.4 Å². The number of halogens is 1. The third kappa shape index (κ3) is 3.79. The molecule has 4 N–H and O–H groups in total. The molecule has 0 spiro atoms. The summed E-state index contributed by atoms with van der Waals surface area (Å²) in [4.78, 5) is 37.5. The number of thioether (sulfide) groups is 1. The Labute approximate surface area is 172 Å². The van der Waals surface area contributed by atoms with E-state index >= 15 is 0 Å². The minimum Gasteiger partial charge on any atom is 1.00 e. The van der Waals surface area contributed by atoms with Crippen LogP contribution in [-0.4, -0.2) is 50.0 Å². The molecule has 0 saturated carbocycles. The molecule has 2 amide bonds. The van der Waals surface area contributed by atoms with Crippen molar-refractivity contribution >= 4 is 39.0 Å². The molecule has 0 aliphatic carbocycles. The molecule has 4 atom stereocenters. The smallest absolute Gasteiger partial charge is 1.00 e. The van der Waals surface area contributed by atoms with Gasteiger partial charge in [0.1, 0.15) is 23.5 Å². The Morgan fingerprint density at radius 3 is 2.50 bits per heavy atom. The van der Waals surface area contributed by atoms with E-state index in [1.165, 1.54) is 16.7 Å². The van der Waals surface area contributed by atoms with Crippen LogP contribution in [0.5, 0.6) is 0 Å². The van der Waals surface area contributed by atoms with Crippen LogP contribution in [0.25, 0.3) is 0 Å². The molecular formula is C16H20ClN3O4PtS+. The van der Waals surface area contributed by atoms with Gasteiger partial charge in [-0.2, -0.15) is 0 Å². The van der Waals surface area contributed by atoms with Crippen molar-refractivity contribution in [2.75, 3.05) is 0 Å². The molecule has 2 heterocycles. The van der Waals surface area contributed by atoms with Gasteiger partial charge in [0.05, 0.1) is 0 Å². The number of hydrogen-bond donors (Lipinski definition) is 3. The summed E-state index contributed by atoms with van der Waals surface area (Å²) in [5.41, 5.74) is 6.59. The van der Waals surface area contributed by atoms with E-state index in [1.807, 2.05) is 6.07 Å². The first-order valence-corrected chi connectivity index (χ1v) is 11.4. The third-order valence-electron chi connectivity index (χ3n) is 4.41. The van der Waals surface area contributed by atoms with Crippen molar-refractivity contribution in [3.8, 4) is 0 Å². The number of nitrogens with one attached hydrogen (secondary N) is 1. The van der Waals surface area contributed by atoms with Crippen LogP contribution in [0.4, 0.5) is 0 Å². The Morgan fingerprint density at radius 2 is 1.96 bits per heavy atom. The Bertz CT molecular complexity index is 712. The van der Waals surface area contributed by atoms with Crippen molar-refractivity contribution in [1.82, 2.24) is 10.2 Å². The minimum absolute atomic E-state index is 0. The van der Waals surface area contributed by atoms with Crippen molar-refractivity contribution in [3.63, 3.8) is 0 Å². The monoisotopic (exact) mass is 580 g/mol.